The lowest BCUT2D eigenvalue weighted by molar-refractivity contribution is 0.266. The van der Waals surface area contributed by atoms with Gasteiger partial charge in [0.05, 0.1) is 25.0 Å². The third-order valence-corrected chi connectivity index (χ3v) is 3.63. The quantitative estimate of drug-likeness (QED) is 0.874. The first-order chi connectivity index (χ1) is 9.61. The van der Waals surface area contributed by atoms with Gasteiger partial charge in [0.25, 0.3) is 5.56 Å². The number of aliphatic hydroxyl groups is 1. The number of hydrogen-bond donors (Lipinski definition) is 2. The molecule has 0 fully saturated rings. The molecule has 0 spiro atoms. The average Bonchev–Trinajstić information content (AvgIpc) is 2.43. The molecule has 0 radical (unpaired) electrons. The van der Waals surface area contributed by atoms with Crippen molar-refractivity contribution in [1.82, 2.24) is 9.78 Å². The highest BCUT2D eigenvalue weighted by Gasteiger charge is 2.08. The zero-order valence-corrected chi connectivity index (χ0v) is 12.7. The van der Waals surface area contributed by atoms with Crippen LogP contribution in [0, 0.1) is 6.92 Å². The Morgan fingerprint density at radius 2 is 2.25 bits per heavy atom. The van der Waals surface area contributed by atoms with E-state index in [1.54, 1.807) is 6.20 Å². The van der Waals surface area contributed by atoms with Crippen molar-refractivity contribution in [1.29, 1.82) is 0 Å². The molecule has 2 rings (SSSR count). The molecule has 0 unspecified atom stereocenters. The second kappa shape index (κ2) is 6.67. The lowest BCUT2D eigenvalue weighted by Crippen LogP contribution is -2.25. The second-order valence-electron chi connectivity index (χ2n) is 4.47. The smallest absolute Gasteiger partial charge is 0.283 e. The molecule has 0 atom stereocenters. The van der Waals surface area contributed by atoms with E-state index >= 15 is 0 Å². The summed E-state index contributed by atoms with van der Waals surface area (Å²) >= 11 is 3.27. The van der Waals surface area contributed by atoms with Crippen LogP contribution >= 0.6 is 15.9 Å². The van der Waals surface area contributed by atoms with Gasteiger partial charge in [-0.25, -0.2) is 4.68 Å². The summed E-state index contributed by atoms with van der Waals surface area (Å²) in [5, 5.41) is 16.0. The van der Waals surface area contributed by atoms with Crippen LogP contribution in [0.3, 0.4) is 0 Å². The van der Waals surface area contributed by atoms with E-state index in [1.807, 2.05) is 25.1 Å². The molecular weight excluding hydrogens is 322 g/mol. The van der Waals surface area contributed by atoms with E-state index in [1.165, 1.54) is 10.2 Å². The van der Waals surface area contributed by atoms with E-state index in [9.17, 15) is 4.79 Å². The van der Waals surface area contributed by atoms with Gasteiger partial charge in [0.15, 0.2) is 0 Å². The maximum atomic E-state index is 11.9. The van der Waals surface area contributed by atoms with Crippen LogP contribution in [0.5, 0.6) is 0 Å². The third kappa shape index (κ3) is 3.46. The lowest BCUT2D eigenvalue weighted by Gasteiger charge is -2.10. The van der Waals surface area contributed by atoms with Crippen LogP contribution in [-0.4, -0.2) is 21.5 Å². The maximum absolute atomic E-state index is 11.9. The number of nitrogens with zero attached hydrogens (tertiary/aromatic N) is 2. The summed E-state index contributed by atoms with van der Waals surface area (Å²) in [5.74, 6) is 0. The van der Waals surface area contributed by atoms with Crippen molar-refractivity contribution < 1.29 is 5.11 Å². The number of benzene rings is 1. The minimum absolute atomic E-state index is 0.116. The highest BCUT2D eigenvalue weighted by atomic mass is 79.9. The van der Waals surface area contributed by atoms with Crippen molar-refractivity contribution >= 4 is 21.6 Å². The van der Waals surface area contributed by atoms with Crippen LogP contribution in [0.2, 0.25) is 0 Å². The first-order valence-electron chi connectivity index (χ1n) is 6.27. The van der Waals surface area contributed by atoms with Gasteiger partial charge in [-0.1, -0.05) is 29.8 Å². The SMILES string of the molecule is Cc1cccc(CNc2cnn(CCO)c(=O)c2Br)c1. The van der Waals surface area contributed by atoms with Gasteiger partial charge in [0, 0.05) is 6.54 Å². The molecule has 2 aromatic rings. The van der Waals surface area contributed by atoms with Crippen molar-refractivity contribution in [3.63, 3.8) is 0 Å². The predicted molar refractivity (Wildman–Crippen MR) is 81.8 cm³/mol. The Morgan fingerprint density at radius 1 is 1.45 bits per heavy atom. The van der Waals surface area contributed by atoms with Gasteiger partial charge in [-0.2, -0.15) is 5.10 Å². The van der Waals surface area contributed by atoms with Crippen molar-refractivity contribution in [3.8, 4) is 0 Å². The lowest BCUT2D eigenvalue weighted by atomic mass is 10.1. The van der Waals surface area contributed by atoms with E-state index in [0.717, 1.165) is 5.56 Å². The topological polar surface area (TPSA) is 67.2 Å². The fraction of sp³-hybridized carbons (Fsp3) is 0.286. The Balaban J connectivity index is 2.14. The molecule has 1 aromatic carbocycles. The Kier molecular flexibility index (Phi) is 4.92. The van der Waals surface area contributed by atoms with Crippen LogP contribution in [0.1, 0.15) is 11.1 Å². The number of halogens is 1. The molecule has 0 bridgehead atoms. The number of hydrogen-bond acceptors (Lipinski definition) is 4. The van der Waals surface area contributed by atoms with Crippen LogP contribution in [0.25, 0.3) is 0 Å². The summed E-state index contributed by atoms with van der Waals surface area (Å²) in [6.07, 6.45) is 1.58. The van der Waals surface area contributed by atoms with Crippen LogP contribution in [-0.2, 0) is 13.1 Å². The molecule has 0 aliphatic carbocycles. The molecule has 1 aromatic heterocycles. The third-order valence-electron chi connectivity index (χ3n) is 2.86. The van der Waals surface area contributed by atoms with E-state index in [4.69, 9.17) is 5.11 Å². The highest BCUT2D eigenvalue weighted by molar-refractivity contribution is 9.10. The van der Waals surface area contributed by atoms with Gasteiger partial charge in [-0.3, -0.25) is 4.79 Å². The number of aromatic nitrogens is 2. The van der Waals surface area contributed by atoms with Crippen LogP contribution in [0.15, 0.2) is 39.7 Å². The monoisotopic (exact) mass is 337 g/mol. The average molecular weight is 338 g/mol. The molecule has 2 N–H and O–H groups in total. The Hall–Kier alpha value is -1.66. The molecule has 6 heteroatoms. The van der Waals surface area contributed by atoms with Crippen molar-refractivity contribution in [3.05, 3.63) is 56.4 Å². The maximum Gasteiger partial charge on any atom is 0.283 e. The molecule has 106 valence electrons. The number of anilines is 1. The van der Waals surface area contributed by atoms with Crippen molar-refractivity contribution in [2.75, 3.05) is 11.9 Å². The Bertz CT molecular complexity index is 655. The zero-order valence-electron chi connectivity index (χ0n) is 11.1. The fourth-order valence-electron chi connectivity index (χ4n) is 1.86. The number of nitrogens with one attached hydrogen (secondary N) is 1. The predicted octanol–water partition coefficient (Wildman–Crippen LogP) is 1.92. The van der Waals surface area contributed by atoms with Gasteiger partial charge in [-0.05, 0) is 28.4 Å². The number of aryl methyl sites for hydroxylation is 1. The first kappa shape index (κ1) is 14.7. The molecule has 5 nitrogen and oxygen atoms in total. The fourth-order valence-corrected chi connectivity index (χ4v) is 2.31. The summed E-state index contributed by atoms with van der Waals surface area (Å²) in [4.78, 5) is 11.9. The van der Waals surface area contributed by atoms with E-state index in [-0.39, 0.29) is 18.7 Å². The standard InChI is InChI=1S/C14H16BrN3O2/c1-10-3-2-4-11(7-10)8-16-12-9-17-18(5-6-19)14(20)13(12)15/h2-4,7,9,16,19H,5-6,8H2,1H3. The normalized spacial score (nSPS) is 10.6. The number of aliphatic hydroxyl groups excluding tert-OH is 1. The molecule has 0 saturated carbocycles. The molecule has 1 heterocycles. The first-order valence-corrected chi connectivity index (χ1v) is 7.07. The molecule has 0 saturated heterocycles. The summed E-state index contributed by atoms with van der Waals surface area (Å²) in [6.45, 7) is 2.73. The Labute approximate surface area is 125 Å². The largest absolute Gasteiger partial charge is 0.394 e. The second-order valence-corrected chi connectivity index (χ2v) is 5.26. The highest BCUT2D eigenvalue weighted by Crippen LogP contribution is 2.17. The van der Waals surface area contributed by atoms with Gasteiger partial charge < -0.3 is 10.4 Å². The molecular formula is C14H16BrN3O2. The summed E-state index contributed by atoms with van der Waals surface area (Å²) in [6, 6.07) is 8.14. The van der Waals surface area contributed by atoms with Gasteiger partial charge in [-0.15, -0.1) is 0 Å². The van der Waals surface area contributed by atoms with E-state index < -0.39 is 0 Å². The van der Waals surface area contributed by atoms with Gasteiger partial charge in [0.2, 0.25) is 0 Å². The molecule has 20 heavy (non-hydrogen) atoms. The van der Waals surface area contributed by atoms with E-state index in [2.05, 4.69) is 32.4 Å². The summed E-state index contributed by atoms with van der Waals surface area (Å²) in [5.41, 5.74) is 2.72. The van der Waals surface area contributed by atoms with Crippen LogP contribution in [0.4, 0.5) is 5.69 Å². The van der Waals surface area contributed by atoms with Gasteiger partial charge >= 0.3 is 0 Å². The minimum atomic E-state index is -0.256. The molecule has 0 aliphatic rings. The van der Waals surface area contributed by atoms with Crippen LogP contribution < -0.4 is 10.9 Å². The van der Waals surface area contributed by atoms with Crippen molar-refractivity contribution in [2.45, 2.75) is 20.0 Å². The zero-order chi connectivity index (χ0) is 14.5. The van der Waals surface area contributed by atoms with Crippen molar-refractivity contribution in [2.24, 2.45) is 0 Å². The summed E-state index contributed by atoms with van der Waals surface area (Å²) in [7, 11) is 0. The molecule has 0 aliphatic heterocycles. The number of rotatable bonds is 5. The summed E-state index contributed by atoms with van der Waals surface area (Å²) < 4.78 is 1.65. The molecule has 0 amide bonds. The van der Waals surface area contributed by atoms with Gasteiger partial charge in [0.1, 0.15) is 4.47 Å². The van der Waals surface area contributed by atoms with E-state index in [0.29, 0.717) is 16.7 Å². The minimum Gasteiger partial charge on any atom is -0.394 e. The Morgan fingerprint density at radius 3 is 2.95 bits per heavy atom.